The summed E-state index contributed by atoms with van der Waals surface area (Å²) in [5.74, 6) is -9.96. The number of aliphatic hydroxyl groups excluding tert-OH is 2. The molecule has 0 aliphatic rings. The summed E-state index contributed by atoms with van der Waals surface area (Å²) in [5.41, 5.74) is 16.5. The largest absolute Gasteiger partial charge is 0.480 e. The summed E-state index contributed by atoms with van der Waals surface area (Å²) in [4.78, 5) is 128. The Balaban J connectivity index is 3.20. The number of hydrogen-bond acceptors (Lipinski definition) is 14. The van der Waals surface area contributed by atoms with Gasteiger partial charge in [0.1, 0.15) is 42.3 Å². The number of amides is 8. The van der Waals surface area contributed by atoms with Gasteiger partial charge in [0, 0.05) is 24.9 Å². The van der Waals surface area contributed by atoms with E-state index in [9.17, 15) is 58.5 Å². The molecule has 26 heteroatoms. The molecule has 0 saturated carbocycles. The normalized spacial score (nSPS) is 15.6. The van der Waals surface area contributed by atoms with Gasteiger partial charge in [-0.25, -0.2) is 9.78 Å². The van der Waals surface area contributed by atoms with Gasteiger partial charge < -0.3 is 80.0 Å². The first-order valence-electron chi connectivity index (χ1n) is 21.6. The number of nitrogens with two attached hydrogens (primary N) is 3. The highest BCUT2D eigenvalue weighted by Gasteiger charge is 2.35. The van der Waals surface area contributed by atoms with Crippen LogP contribution in [0.3, 0.4) is 0 Å². The van der Waals surface area contributed by atoms with E-state index < -0.39 is 133 Å². The average Bonchev–Trinajstić information content (AvgIpc) is 3.79. The van der Waals surface area contributed by atoms with Gasteiger partial charge in [0.05, 0.1) is 32.1 Å². The number of carbonyl (C=O) groups excluding carboxylic acids is 8. The lowest BCUT2D eigenvalue weighted by Crippen LogP contribution is -2.61. The third-order valence-corrected chi connectivity index (χ3v) is 10.5. The van der Waals surface area contributed by atoms with E-state index in [1.54, 1.807) is 41.5 Å². The maximum atomic E-state index is 13.9. The van der Waals surface area contributed by atoms with Crippen molar-refractivity contribution in [3.05, 3.63) is 18.2 Å². The van der Waals surface area contributed by atoms with Crippen LogP contribution in [0.5, 0.6) is 0 Å². The molecule has 1 aromatic heterocycles. The van der Waals surface area contributed by atoms with Crippen molar-refractivity contribution in [2.45, 2.75) is 129 Å². The fourth-order valence-electron chi connectivity index (χ4n) is 6.15. The van der Waals surface area contributed by atoms with Crippen molar-refractivity contribution in [1.82, 2.24) is 52.5 Å². The van der Waals surface area contributed by atoms with Crippen molar-refractivity contribution in [2.24, 2.45) is 39.9 Å². The van der Waals surface area contributed by atoms with Gasteiger partial charge in [-0.2, -0.15) is 0 Å². The van der Waals surface area contributed by atoms with E-state index in [0.29, 0.717) is 18.5 Å². The molecular weight excluding hydrogens is 869 g/mol. The predicted octanol–water partition coefficient (Wildman–Crippen LogP) is -5.32. The highest BCUT2D eigenvalue weighted by molar-refractivity contribution is 5.97. The van der Waals surface area contributed by atoms with Gasteiger partial charge in [-0.05, 0) is 37.5 Å². The zero-order chi connectivity index (χ0) is 50.3. The summed E-state index contributed by atoms with van der Waals surface area (Å²) in [5, 5.41) is 49.7. The minimum absolute atomic E-state index is 0.0553. The monoisotopic (exact) mass is 939 g/mol. The number of aliphatic hydroxyl groups is 2. The summed E-state index contributed by atoms with van der Waals surface area (Å²) in [6.07, 6.45) is 2.01. The quantitative estimate of drug-likeness (QED) is 0.0195. The first kappa shape index (κ1) is 57.6. The number of hydrogen-bond donors (Lipinski definition) is 15. The maximum absolute atomic E-state index is 13.9. The number of carbonyl (C=O) groups is 9. The van der Waals surface area contributed by atoms with Crippen LogP contribution in [0.25, 0.3) is 0 Å². The van der Waals surface area contributed by atoms with Crippen LogP contribution in [-0.4, -0.2) is 159 Å². The van der Waals surface area contributed by atoms with Crippen LogP contribution in [0, 0.1) is 17.8 Å². The molecule has 1 rings (SSSR count). The van der Waals surface area contributed by atoms with E-state index >= 15 is 0 Å². The van der Waals surface area contributed by atoms with Gasteiger partial charge in [0.2, 0.25) is 47.3 Å². The first-order valence-corrected chi connectivity index (χ1v) is 21.6. The number of H-pyrrole nitrogens is 1. The molecule has 0 bridgehead atoms. The second-order valence-corrected chi connectivity index (χ2v) is 16.2. The van der Waals surface area contributed by atoms with Crippen LogP contribution in [0.4, 0.5) is 0 Å². The average molecular weight is 939 g/mol. The van der Waals surface area contributed by atoms with Crippen molar-refractivity contribution in [1.29, 1.82) is 0 Å². The van der Waals surface area contributed by atoms with Gasteiger partial charge in [-0.3, -0.25) is 43.3 Å². The lowest BCUT2D eigenvalue weighted by atomic mass is 9.97. The van der Waals surface area contributed by atoms with Crippen molar-refractivity contribution in [3.63, 3.8) is 0 Å². The Labute approximate surface area is 383 Å². The van der Waals surface area contributed by atoms with E-state index in [4.69, 9.17) is 17.2 Å². The molecule has 0 aromatic carbocycles. The molecule has 0 unspecified atom stereocenters. The number of aliphatic imine (C=N–C) groups is 1. The van der Waals surface area contributed by atoms with Crippen molar-refractivity contribution >= 4 is 59.2 Å². The summed E-state index contributed by atoms with van der Waals surface area (Å²) in [7, 11) is 0. The lowest BCUT2D eigenvalue weighted by Gasteiger charge is -2.28. The van der Waals surface area contributed by atoms with E-state index in [-0.39, 0.29) is 37.7 Å². The molecule has 26 nitrogen and oxygen atoms in total. The SMILES string of the molecule is CC[C@H](C)[C@H](NC(=O)[C@H](CCCN=C(N)N)NC(=O)[C@H](Cc1cnc[nH]1)NC(=O)[C@H](CO)NC(=O)[C@@H](NC(=O)CNC(=O)[C@@H](NC(=O)[C@@H](NC(=O)CN)[C@@H](C)CC)[C@@H](C)O)C(C)C)C(=O)O. The van der Waals surface area contributed by atoms with Crippen LogP contribution in [0.15, 0.2) is 17.5 Å². The zero-order valence-corrected chi connectivity index (χ0v) is 38.5. The van der Waals surface area contributed by atoms with E-state index in [2.05, 4.69) is 57.5 Å². The minimum Gasteiger partial charge on any atom is -0.480 e. The number of carboxylic acids is 1. The second kappa shape index (κ2) is 29.2. The third kappa shape index (κ3) is 19.8. The number of rotatable bonds is 30. The summed E-state index contributed by atoms with van der Waals surface area (Å²) in [6.45, 7) is 9.15. The van der Waals surface area contributed by atoms with E-state index in [1.165, 1.54) is 19.4 Å². The third-order valence-electron chi connectivity index (χ3n) is 10.5. The Kier molecular flexibility index (Phi) is 25.5. The summed E-state index contributed by atoms with van der Waals surface area (Å²) < 4.78 is 0. The Morgan fingerprint density at radius 1 is 0.697 bits per heavy atom. The number of guanidine groups is 1. The highest BCUT2D eigenvalue weighted by atomic mass is 16.4. The maximum Gasteiger partial charge on any atom is 0.326 e. The number of nitrogens with zero attached hydrogens (tertiary/aromatic N) is 2. The van der Waals surface area contributed by atoms with Crippen LogP contribution >= 0.6 is 0 Å². The van der Waals surface area contributed by atoms with Gasteiger partial charge in [-0.15, -0.1) is 0 Å². The topological polar surface area (TPSA) is 430 Å². The Bertz CT molecular complexity index is 1810. The lowest BCUT2D eigenvalue weighted by molar-refractivity contribution is -0.144. The van der Waals surface area contributed by atoms with Gasteiger partial charge in [0.25, 0.3) is 0 Å². The van der Waals surface area contributed by atoms with Gasteiger partial charge >= 0.3 is 5.97 Å². The Hall–Kier alpha value is -6.41. The molecule has 372 valence electrons. The number of aromatic amines is 1. The fourth-order valence-corrected chi connectivity index (χ4v) is 6.15. The van der Waals surface area contributed by atoms with Crippen LogP contribution in [0.1, 0.15) is 79.8 Å². The summed E-state index contributed by atoms with van der Waals surface area (Å²) in [6, 6.07) is -9.77. The van der Waals surface area contributed by atoms with Crippen LogP contribution < -0.4 is 59.7 Å². The van der Waals surface area contributed by atoms with Crippen molar-refractivity contribution in [3.8, 4) is 0 Å². The number of imidazole rings is 1. The number of aromatic nitrogens is 2. The van der Waals surface area contributed by atoms with Gasteiger partial charge in [0.15, 0.2) is 5.96 Å². The molecule has 1 heterocycles. The fraction of sp³-hybridized carbons (Fsp3) is 0.675. The number of aliphatic carboxylic acids is 1. The number of nitrogens with one attached hydrogen (secondary N) is 9. The molecule has 66 heavy (non-hydrogen) atoms. The molecule has 0 aliphatic heterocycles. The molecule has 0 aliphatic carbocycles. The molecule has 0 radical (unpaired) electrons. The minimum atomic E-state index is -1.69. The van der Waals surface area contributed by atoms with Crippen molar-refractivity contribution in [2.75, 3.05) is 26.2 Å². The predicted molar refractivity (Wildman–Crippen MR) is 238 cm³/mol. The standard InChI is InChI=1S/C40H70N14O12/c1-8-20(5)30(51-27(57)14-41)38(64)54-32(22(7)56)36(62)46-16-28(58)52-29(19(3)4)37(63)50-26(17-55)35(61)49-25(13-23-15-44-18-47-23)34(60)48-24(11-10-12-45-40(42)43)33(59)53-31(39(65)66)21(6)9-2/h15,18-22,24-26,29-32,55-56H,8-14,16-17,41H2,1-7H3,(H,44,47)(H,46,62)(H,48,60)(H,49,61)(H,50,63)(H,51,57)(H,52,58)(H,53,59)(H,54,64)(H,65,66)(H4,42,43,45)/t20-,21-,22+,24-,25-,26-,29-,30-,31-,32-/m0/s1. The molecule has 1 aromatic rings. The molecule has 0 saturated heterocycles. The number of carboxylic acid groups (broad SMARTS) is 1. The van der Waals surface area contributed by atoms with Gasteiger partial charge in [-0.1, -0.05) is 54.4 Å². The summed E-state index contributed by atoms with van der Waals surface area (Å²) >= 11 is 0. The first-order chi connectivity index (χ1) is 31.0. The van der Waals surface area contributed by atoms with Crippen LogP contribution in [0.2, 0.25) is 0 Å². The zero-order valence-electron chi connectivity index (χ0n) is 38.5. The Morgan fingerprint density at radius 2 is 1.23 bits per heavy atom. The molecule has 0 spiro atoms. The molecule has 10 atom stereocenters. The highest BCUT2D eigenvalue weighted by Crippen LogP contribution is 2.12. The van der Waals surface area contributed by atoms with Crippen LogP contribution in [-0.2, 0) is 49.6 Å². The molecule has 18 N–H and O–H groups in total. The van der Waals surface area contributed by atoms with E-state index in [0.717, 1.165) is 0 Å². The van der Waals surface area contributed by atoms with E-state index in [1.807, 2.05) is 0 Å². The second-order valence-electron chi connectivity index (χ2n) is 16.2. The van der Waals surface area contributed by atoms with Crippen molar-refractivity contribution < 1.29 is 58.5 Å². The molecule has 8 amide bonds. The molecule has 0 fully saturated rings. The Morgan fingerprint density at radius 3 is 1.74 bits per heavy atom. The molecular formula is C40H70N14O12. The smallest absolute Gasteiger partial charge is 0.326 e.